The molecule has 2 fully saturated rings. The van der Waals surface area contributed by atoms with Crippen LogP contribution in [0.5, 0.6) is 0 Å². The molecule has 0 amide bonds. The molecular formula is C18H26F2N8O2. The zero-order valence-corrected chi connectivity index (χ0v) is 17.0. The summed E-state index contributed by atoms with van der Waals surface area (Å²) in [5, 5.41) is 0. The zero-order chi connectivity index (χ0) is 20.4. The van der Waals surface area contributed by atoms with Crippen LogP contribution in [0.2, 0.25) is 0 Å². The first-order valence-electron chi connectivity index (χ1n) is 9.58. The van der Waals surface area contributed by atoms with E-state index < -0.39 is 12.1 Å². The molecule has 12 heteroatoms. The van der Waals surface area contributed by atoms with Crippen LogP contribution >= 0.6 is 0 Å². The Morgan fingerprint density at radius 3 is 2.03 bits per heavy atom. The molecular weight excluding hydrogens is 398 g/mol. The van der Waals surface area contributed by atoms with Gasteiger partial charge in [0.15, 0.2) is 5.82 Å². The van der Waals surface area contributed by atoms with E-state index in [1.807, 2.05) is 23.6 Å². The summed E-state index contributed by atoms with van der Waals surface area (Å²) in [7, 11) is 0. The molecule has 4 heterocycles. The number of morpholine rings is 2. The first kappa shape index (κ1) is 22.1. The molecule has 0 radical (unpaired) electrons. The zero-order valence-electron chi connectivity index (χ0n) is 17.0. The average Bonchev–Trinajstić information content (AvgIpc) is 2.74. The molecule has 10 nitrogen and oxygen atoms in total. The van der Waals surface area contributed by atoms with Crippen molar-refractivity contribution in [1.82, 2.24) is 31.1 Å². The SMILES string of the molecule is C[C@H]1COCCN1c1nc(-c2cncnc2C(F)F)nc(N2CCOC[C@@H]2C)n1.N. The van der Waals surface area contributed by atoms with Crippen molar-refractivity contribution in [2.75, 3.05) is 49.3 Å². The predicted molar refractivity (Wildman–Crippen MR) is 106 cm³/mol. The van der Waals surface area contributed by atoms with Crippen LogP contribution in [0.4, 0.5) is 20.7 Å². The average molecular weight is 424 g/mol. The van der Waals surface area contributed by atoms with Crippen LogP contribution in [0, 0.1) is 0 Å². The lowest BCUT2D eigenvalue weighted by atomic mass is 10.2. The van der Waals surface area contributed by atoms with Crippen LogP contribution in [0.1, 0.15) is 26.0 Å². The molecule has 2 aliphatic rings. The topological polar surface area (TPSA) is 124 Å². The Balaban J connectivity index is 0.00000256. The third kappa shape index (κ3) is 4.45. The number of aromatic nitrogens is 5. The van der Waals surface area contributed by atoms with Gasteiger partial charge < -0.3 is 25.4 Å². The van der Waals surface area contributed by atoms with E-state index in [4.69, 9.17) is 9.47 Å². The molecule has 2 atom stereocenters. The molecule has 0 spiro atoms. The van der Waals surface area contributed by atoms with Crippen LogP contribution in [-0.2, 0) is 9.47 Å². The van der Waals surface area contributed by atoms with Crippen LogP contribution in [0.3, 0.4) is 0 Å². The van der Waals surface area contributed by atoms with E-state index in [9.17, 15) is 8.78 Å². The second-order valence-corrected chi connectivity index (χ2v) is 7.12. The molecule has 2 saturated heterocycles. The van der Waals surface area contributed by atoms with Gasteiger partial charge in [0.2, 0.25) is 11.9 Å². The third-order valence-corrected chi connectivity index (χ3v) is 5.05. The Morgan fingerprint density at radius 1 is 0.967 bits per heavy atom. The van der Waals surface area contributed by atoms with E-state index >= 15 is 0 Å². The molecule has 2 aromatic rings. The van der Waals surface area contributed by atoms with E-state index in [1.54, 1.807) is 0 Å². The van der Waals surface area contributed by atoms with E-state index in [0.717, 1.165) is 6.33 Å². The number of rotatable bonds is 4. The maximum Gasteiger partial charge on any atom is 0.281 e. The fourth-order valence-electron chi connectivity index (χ4n) is 3.47. The number of halogens is 2. The maximum absolute atomic E-state index is 13.5. The lowest BCUT2D eigenvalue weighted by Crippen LogP contribution is -2.46. The maximum atomic E-state index is 13.5. The standard InChI is InChI=1S/C18H23F2N7O2.H3N/c1-11-8-28-5-3-26(11)17-23-16(13-7-21-10-22-14(13)15(19)20)24-18(25-17)27-4-6-29-9-12(27)2;/h7,10-12,15H,3-6,8-9H2,1-2H3;1H3/t11-,12-;/m0./s1. The molecule has 2 aliphatic heterocycles. The molecule has 2 aromatic heterocycles. The van der Waals surface area contributed by atoms with Crippen molar-refractivity contribution in [3.8, 4) is 11.4 Å². The van der Waals surface area contributed by atoms with E-state index in [1.165, 1.54) is 6.20 Å². The van der Waals surface area contributed by atoms with Crippen LogP contribution in [-0.4, -0.2) is 76.5 Å². The van der Waals surface area contributed by atoms with Crippen molar-refractivity contribution < 1.29 is 18.3 Å². The van der Waals surface area contributed by atoms with Gasteiger partial charge in [-0.15, -0.1) is 0 Å². The highest BCUT2D eigenvalue weighted by Crippen LogP contribution is 2.29. The lowest BCUT2D eigenvalue weighted by Gasteiger charge is -2.36. The first-order valence-corrected chi connectivity index (χ1v) is 9.58. The minimum Gasteiger partial charge on any atom is -0.377 e. The number of hydrogen-bond donors (Lipinski definition) is 1. The third-order valence-electron chi connectivity index (χ3n) is 5.05. The van der Waals surface area contributed by atoms with Crippen molar-refractivity contribution >= 4 is 11.9 Å². The highest BCUT2D eigenvalue weighted by molar-refractivity contribution is 5.60. The molecule has 3 N–H and O–H groups in total. The molecule has 4 rings (SSSR count). The van der Waals surface area contributed by atoms with Crippen LogP contribution < -0.4 is 16.0 Å². The Morgan fingerprint density at radius 2 is 1.53 bits per heavy atom. The number of nitrogens with zero attached hydrogens (tertiary/aromatic N) is 7. The predicted octanol–water partition coefficient (Wildman–Crippen LogP) is 1.88. The Hall–Kier alpha value is -2.57. The van der Waals surface area contributed by atoms with Crippen LogP contribution in [0.25, 0.3) is 11.4 Å². The molecule has 0 aliphatic carbocycles. The molecule has 164 valence electrons. The fourth-order valence-corrected chi connectivity index (χ4v) is 3.47. The van der Waals surface area contributed by atoms with Gasteiger partial charge in [-0.3, -0.25) is 0 Å². The quantitative estimate of drug-likeness (QED) is 0.778. The van der Waals surface area contributed by atoms with Gasteiger partial charge in [-0.1, -0.05) is 0 Å². The number of alkyl halides is 2. The monoisotopic (exact) mass is 424 g/mol. The van der Waals surface area contributed by atoms with Gasteiger partial charge in [0.05, 0.1) is 44.1 Å². The van der Waals surface area contributed by atoms with Crippen molar-refractivity contribution in [2.45, 2.75) is 32.4 Å². The smallest absolute Gasteiger partial charge is 0.281 e. The summed E-state index contributed by atoms with van der Waals surface area (Å²) in [6.45, 7) is 7.41. The second-order valence-electron chi connectivity index (χ2n) is 7.12. The summed E-state index contributed by atoms with van der Waals surface area (Å²) in [5.74, 6) is 1.01. The number of anilines is 2. The summed E-state index contributed by atoms with van der Waals surface area (Å²) < 4.78 is 38.1. The van der Waals surface area contributed by atoms with Crippen molar-refractivity contribution in [3.05, 3.63) is 18.2 Å². The van der Waals surface area contributed by atoms with Crippen molar-refractivity contribution in [1.29, 1.82) is 0 Å². The van der Waals surface area contributed by atoms with Gasteiger partial charge in [0, 0.05) is 19.3 Å². The van der Waals surface area contributed by atoms with Gasteiger partial charge >= 0.3 is 0 Å². The summed E-state index contributed by atoms with van der Waals surface area (Å²) >= 11 is 0. The second kappa shape index (κ2) is 9.49. The Kier molecular flexibility index (Phi) is 7.00. The van der Waals surface area contributed by atoms with Crippen molar-refractivity contribution in [2.24, 2.45) is 0 Å². The molecule has 0 saturated carbocycles. The van der Waals surface area contributed by atoms with Crippen molar-refractivity contribution in [3.63, 3.8) is 0 Å². The van der Waals surface area contributed by atoms with E-state index in [-0.39, 0.29) is 29.6 Å². The molecule has 30 heavy (non-hydrogen) atoms. The molecule has 0 aromatic carbocycles. The van der Waals surface area contributed by atoms with E-state index in [2.05, 4.69) is 24.9 Å². The minimum atomic E-state index is -2.76. The van der Waals surface area contributed by atoms with Gasteiger partial charge in [-0.25, -0.2) is 18.7 Å². The highest BCUT2D eigenvalue weighted by Gasteiger charge is 2.28. The summed E-state index contributed by atoms with van der Waals surface area (Å²) in [6.07, 6.45) is -0.341. The van der Waals surface area contributed by atoms with Gasteiger partial charge in [-0.05, 0) is 13.8 Å². The summed E-state index contributed by atoms with van der Waals surface area (Å²) in [6, 6.07) is 0.103. The minimum absolute atomic E-state index is 0. The highest BCUT2D eigenvalue weighted by atomic mass is 19.3. The largest absolute Gasteiger partial charge is 0.377 e. The summed E-state index contributed by atoms with van der Waals surface area (Å²) in [5.41, 5.74) is -0.289. The Labute approximate surface area is 173 Å². The number of ether oxygens (including phenoxy) is 2. The van der Waals surface area contributed by atoms with Crippen LogP contribution in [0.15, 0.2) is 12.5 Å². The first-order chi connectivity index (χ1) is 14.0. The Bertz CT molecular complexity index is 818. The molecule has 0 bridgehead atoms. The van der Waals surface area contributed by atoms with Gasteiger partial charge in [0.25, 0.3) is 6.43 Å². The summed E-state index contributed by atoms with van der Waals surface area (Å²) in [4.78, 5) is 25.4. The van der Waals surface area contributed by atoms with Gasteiger partial charge in [-0.2, -0.15) is 15.0 Å². The fraction of sp³-hybridized carbons (Fsp3) is 0.611. The van der Waals surface area contributed by atoms with E-state index in [0.29, 0.717) is 51.4 Å². The van der Waals surface area contributed by atoms with Gasteiger partial charge in [0.1, 0.15) is 12.0 Å². The lowest BCUT2D eigenvalue weighted by molar-refractivity contribution is 0.0969. The normalized spacial score (nSPS) is 22.2. The number of hydrogen-bond acceptors (Lipinski definition) is 10. The molecule has 0 unspecified atom stereocenters.